The highest BCUT2D eigenvalue weighted by atomic mass is 32.2. The van der Waals surface area contributed by atoms with Crippen LogP contribution in [0.1, 0.15) is 27.7 Å². The zero-order valence-electron chi connectivity index (χ0n) is 17.8. The predicted octanol–water partition coefficient (Wildman–Crippen LogP) is 3.46. The van der Waals surface area contributed by atoms with Crippen molar-refractivity contribution in [2.75, 3.05) is 26.2 Å². The number of ether oxygens (including phenoxy) is 3. The van der Waals surface area contributed by atoms with E-state index in [0.29, 0.717) is 11.4 Å². The second-order valence-electron chi connectivity index (χ2n) is 8.34. The maximum Gasteiger partial charge on any atom is 0.339 e. The lowest BCUT2D eigenvalue weighted by Crippen LogP contribution is -2.77. The normalized spacial score (nSPS) is 26.0. The number of rotatable bonds is 4. The summed E-state index contributed by atoms with van der Waals surface area (Å²) in [6.45, 7) is 8.15. The van der Waals surface area contributed by atoms with Gasteiger partial charge < -0.3 is 19.1 Å². The first-order chi connectivity index (χ1) is 13.5. The Morgan fingerprint density at radius 1 is 0.966 bits per heavy atom. The standard InChI is InChI=1S/C21H27NO5S2/c1-19(2)18(28)20(3,4)21(19)14(16(23)26-6)22(15(29-21)17(24)27-7)12-8-10-13(25-5)11-9-12/h8-11,14-15H,1-7H3/t14-,15+/m1/s1. The number of nitrogens with zero attached hydrogens (tertiary/aromatic N) is 1. The summed E-state index contributed by atoms with van der Waals surface area (Å²) in [5.74, 6) is -0.130. The van der Waals surface area contributed by atoms with E-state index in [0.717, 1.165) is 4.86 Å². The number of hydrogen-bond acceptors (Lipinski definition) is 8. The maximum absolute atomic E-state index is 13.2. The fourth-order valence-electron chi connectivity index (χ4n) is 5.14. The molecule has 0 aromatic heterocycles. The first-order valence-corrected chi connectivity index (χ1v) is 10.6. The van der Waals surface area contributed by atoms with E-state index in [1.54, 1.807) is 19.2 Å². The van der Waals surface area contributed by atoms with Gasteiger partial charge in [0.2, 0.25) is 0 Å². The van der Waals surface area contributed by atoms with Crippen molar-refractivity contribution in [3.63, 3.8) is 0 Å². The highest BCUT2D eigenvalue weighted by Gasteiger charge is 2.79. The van der Waals surface area contributed by atoms with E-state index in [-0.39, 0.29) is 0 Å². The Hall–Kier alpha value is -1.80. The van der Waals surface area contributed by atoms with Gasteiger partial charge in [0.05, 0.1) is 26.1 Å². The van der Waals surface area contributed by atoms with E-state index < -0.39 is 38.9 Å². The van der Waals surface area contributed by atoms with Crippen LogP contribution >= 0.6 is 24.0 Å². The number of carbonyl (C=O) groups excluding carboxylic acids is 2. The molecule has 1 aliphatic carbocycles. The van der Waals surface area contributed by atoms with Crippen molar-refractivity contribution in [3.05, 3.63) is 24.3 Å². The van der Waals surface area contributed by atoms with E-state index in [4.69, 9.17) is 26.4 Å². The molecule has 0 N–H and O–H groups in total. The number of hydrogen-bond donors (Lipinski definition) is 0. The summed E-state index contributed by atoms with van der Waals surface area (Å²) >= 11 is 7.19. The van der Waals surface area contributed by atoms with Gasteiger partial charge in [-0.05, 0) is 24.3 Å². The van der Waals surface area contributed by atoms with Gasteiger partial charge in [0, 0.05) is 21.4 Å². The maximum atomic E-state index is 13.2. The Bertz CT molecular complexity index is 831. The molecule has 3 rings (SSSR count). The molecular weight excluding hydrogens is 410 g/mol. The topological polar surface area (TPSA) is 65.1 Å². The van der Waals surface area contributed by atoms with Crippen molar-refractivity contribution in [1.82, 2.24) is 0 Å². The van der Waals surface area contributed by atoms with Crippen LogP contribution in [0.25, 0.3) is 0 Å². The SMILES string of the molecule is COC(=O)[C@@H]1SC2([C@@H](C(=O)OC)N1c1ccc(OC)cc1)C(C)(C)C(=S)C2(C)C. The van der Waals surface area contributed by atoms with Crippen LogP contribution in [0, 0.1) is 10.8 Å². The number of methoxy groups -OCH3 is 3. The molecule has 1 aromatic rings. The van der Waals surface area contributed by atoms with Crippen LogP contribution in [0.15, 0.2) is 24.3 Å². The Kier molecular flexibility index (Phi) is 5.41. The minimum absolute atomic E-state index is 0.400. The van der Waals surface area contributed by atoms with E-state index >= 15 is 0 Å². The Morgan fingerprint density at radius 2 is 1.48 bits per heavy atom. The number of carbonyl (C=O) groups is 2. The molecular formula is C21H27NO5S2. The number of esters is 2. The molecule has 29 heavy (non-hydrogen) atoms. The predicted molar refractivity (Wildman–Crippen MR) is 118 cm³/mol. The van der Waals surface area contributed by atoms with Crippen LogP contribution in [-0.4, -0.2) is 54.3 Å². The van der Waals surface area contributed by atoms with Gasteiger partial charge in [-0.1, -0.05) is 39.9 Å². The Balaban J connectivity index is 2.24. The van der Waals surface area contributed by atoms with Crippen molar-refractivity contribution in [3.8, 4) is 5.75 Å². The van der Waals surface area contributed by atoms with Crippen molar-refractivity contribution < 1.29 is 23.8 Å². The zero-order valence-corrected chi connectivity index (χ0v) is 19.4. The first kappa shape index (κ1) is 21.9. The molecule has 158 valence electrons. The third kappa shape index (κ3) is 2.71. The van der Waals surface area contributed by atoms with Gasteiger partial charge in [-0.25, -0.2) is 9.59 Å². The largest absolute Gasteiger partial charge is 0.497 e. The molecule has 0 radical (unpaired) electrons. The van der Waals surface area contributed by atoms with E-state index in [2.05, 4.69) is 0 Å². The van der Waals surface area contributed by atoms with Gasteiger partial charge in [0.15, 0.2) is 5.37 Å². The van der Waals surface area contributed by atoms with Crippen LogP contribution in [0.5, 0.6) is 5.75 Å². The molecule has 8 heteroatoms. The van der Waals surface area contributed by atoms with Crippen molar-refractivity contribution in [2.45, 2.75) is 43.9 Å². The molecule has 1 saturated heterocycles. The van der Waals surface area contributed by atoms with Crippen molar-refractivity contribution in [1.29, 1.82) is 0 Å². The van der Waals surface area contributed by atoms with Crippen LogP contribution in [0.4, 0.5) is 5.69 Å². The van der Waals surface area contributed by atoms with E-state index in [1.165, 1.54) is 26.0 Å². The number of benzene rings is 1. The number of anilines is 1. The average molecular weight is 438 g/mol. The molecule has 2 aliphatic rings. The summed E-state index contributed by atoms with van der Waals surface area (Å²) in [6.07, 6.45) is 0. The van der Waals surface area contributed by atoms with Crippen LogP contribution in [0.3, 0.4) is 0 Å². The lowest BCUT2D eigenvalue weighted by molar-refractivity contribution is -0.145. The summed E-state index contributed by atoms with van der Waals surface area (Å²) < 4.78 is 14.9. The lowest BCUT2D eigenvalue weighted by atomic mass is 9.44. The third-order valence-corrected chi connectivity index (χ3v) is 9.68. The highest BCUT2D eigenvalue weighted by molar-refractivity contribution is 8.03. The highest BCUT2D eigenvalue weighted by Crippen LogP contribution is 2.72. The van der Waals surface area contributed by atoms with Gasteiger partial charge in [-0.2, -0.15) is 0 Å². The molecule has 1 aliphatic heterocycles. The number of thioether (sulfide) groups is 1. The van der Waals surface area contributed by atoms with Crippen LogP contribution in [0.2, 0.25) is 0 Å². The summed E-state index contributed by atoms with van der Waals surface area (Å²) in [4.78, 5) is 28.7. The smallest absolute Gasteiger partial charge is 0.339 e. The quantitative estimate of drug-likeness (QED) is 0.524. The van der Waals surface area contributed by atoms with Crippen molar-refractivity contribution in [2.24, 2.45) is 10.8 Å². The van der Waals surface area contributed by atoms with E-state index in [1.807, 2.05) is 44.7 Å². The number of thiocarbonyl (C=S) groups is 1. The minimum Gasteiger partial charge on any atom is -0.497 e. The second-order valence-corrected chi connectivity index (χ2v) is 10.1. The van der Waals surface area contributed by atoms with Crippen molar-refractivity contribution >= 4 is 46.5 Å². The van der Waals surface area contributed by atoms with Gasteiger partial charge in [0.1, 0.15) is 11.8 Å². The Morgan fingerprint density at radius 3 is 1.93 bits per heavy atom. The van der Waals surface area contributed by atoms with Gasteiger partial charge >= 0.3 is 11.9 Å². The van der Waals surface area contributed by atoms with Gasteiger partial charge in [-0.3, -0.25) is 0 Å². The van der Waals surface area contributed by atoms with Crippen LogP contribution in [-0.2, 0) is 19.1 Å². The van der Waals surface area contributed by atoms with Gasteiger partial charge in [0.25, 0.3) is 0 Å². The molecule has 1 spiro atoms. The first-order valence-electron chi connectivity index (χ1n) is 9.32. The molecule has 0 bridgehead atoms. The lowest BCUT2D eigenvalue weighted by Gasteiger charge is -2.67. The van der Waals surface area contributed by atoms with Gasteiger partial charge in [-0.15, -0.1) is 11.8 Å². The molecule has 1 aromatic carbocycles. The molecule has 0 unspecified atom stereocenters. The molecule has 6 nitrogen and oxygen atoms in total. The molecule has 2 atom stereocenters. The summed E-state index contributed by atoms with van der Waals surface area (Å²) in [6, 6.07) is 6.56. The molecule has 1 heterocycles. The fraction of sp³-hybridized carbons (Fsp3) is 0.571. The summed E-state index contributed by atoms with van der Waals surface area (Å²) in [5, 5.41) is -0.709. The summed E-state index contributed by atoms with van der Waals surface area (Å²) in [7, 11) is 4.31. The fourth-order valence-corrected chi connectivity index (χ4v) is 7.62. The molecule has 2 fully saturated rings. The molecule has 1 saturated carbocycles. The third-order valence-electron chi connectivity index (χ3n) is 6.40. The summed E-state index contributed by atoms with van der Waals surface area (Å²) in [5.41, 5.74) is -0.225. The average Bonchev–Trinajstić information content (AvgIpc) is 3.11. The second kappa shape index (κ2) is 7.16. The Labute approximate surface area is 181 Å². The van der Waals surface area contributed by atoms with Crippen LogP contribution < -0.4 is 9.64 Å². The van der Waals surface area contributed by atoms with E-state index in [9.17, 15) is 9.59 Å². The molecule has 0 amide bonds. The minimum atomic E-state index is -0.716. The zero-order chi connectivity index (χ0) is 21.8. The monoisotopic (exact) mass is 437 g/mol.